The monoisotopic (exact) mass is 241 g/mol. The second kappa shape index (κ2) is 8.55. The maximum absolute atomic E-state index is 11.6. The molecule has 0 aliphatic rings. The third-order valence-corrected chi connectivity index (χ3v) is 1.46. The van der Waals surface area contributed by atoms with Gasteiger partial charge < -0.3 is 14.8 Å². The van der Waals surface area contributed by atoms with Crippen LogP contribution in [-0.2, 0) is 9.47 Å². The molecular formula is C10H18F3NO2. The number of ether oxygens (including phenoxy) is 2. The van der Waals surface area contributed by atoms with Crippen molar-refractivity contribution in [3.05, 3.63) is 12.2 Å². The Kier molecular flexibility index (Phi) is 8.23. The van der Waals surface area contributed by atoms with Crippen LogP contribution in [0, 0.1) is 0 Å². The normalized spacial score (nSPS) is 11.8. The number of rotatable bonds is 9. The maximum atomic E-state index is 11.6. The molecule has 0 heterocycles. The van der Waals surface area contributed by atoms with E-state index in [0.717, 1.165) is 5.57 Å². The summed E-state index contributed by atoms with van der Waals surface area (Å²) >= 11 is 0. The van der Waals surface area contributed by atoms with Crippen molar-refractivity contribution in [2.75, 3.05) is 39.5 Å². The van der Waals surface area contributed by atoms with Gasteiger partial charge in [0.25, 0.3) is 0 Å². The molecule has 0 aliphatic carbocycles. The SMILES string of the molecule is C=C(C)COCCNCCOCC(F)(F)F. The van der Waals surface area contributed by atoms with E-state index in [4.69, 9.17) is 4.74 Å². The lowest BCUT2D eigenvalue weighted by atomic mass is 10.4. The van der Waals surface area contributed by atoms with Crippen LogP contribution in [0.4, 0.5) is 13.2 Å². The van der Waals surface area contributed by atoms with Gasteiger partial charge in [0.2, 0.25) is 0 Å². The highest BCUT2D eigenvalue weighted by Gasteiger charge is 2.27. The Labute approximate surface area is 93.6 Å². The first-order valence-corrected chi connectivity index (χ1v) is 4.99. The van der Waals surface area contributed by atoms with Gasteiger partial charge in [-0.15, -0.1) is 0 Å². The van der Waals surface area contributed by atoms with Crippen molar-refractivity contribution in [1.82, 2.24) is 5.32 Å². The van der Waals surface area contributed by atoms with Crippen molar-refractivity contribution in [3.63, 3.8) is 0 Å². The maximum Gasteiger partial charge on any atom is 0.411 e. The van der Waals surface area contributed by atoms with Gasteiger partial charge in [-0.05, 0) is 6.92 Å². The van der Waals surface area contributed by atoms with Gasteiger partial charge in [0.15, 0.2) is 0 Å². The van der Waals surface area contributed by atoms with E-state index >= 15 is 0 Å². The molecule has 0 aromatic heterocycles. The molecule has 0 aromatic carbocycles. The average molecular weight is 241 g/mol. The summed E-state index contributed by atoms with van der Waals surface area (Å²) in [6.07, 6.45) is -4.25. The molecule has 6 heteroatoms. The van der Waals surface area contributed by atoms with Gasteiger partial charge in [0.05, 0.1) is 19.8 Å². The fraction of sp³-hybridized carbons (Fsp3) is 0.800. The van der Waals surface area contributed by atoms with Crippen LogP contribution < -0.4 is 5.32 Å². The zero-order chi connectivity index (χ0) is 12.4. The topological polar surface area (TPSA) is 30.5 Å². The lowest BCUT2D eigenvalue weighted by Gasteiger charge is -2.08. The predicted molar refractivity (Wildman–Crippen MR) is 55.4 cm³/mol. The third-order valence-electron chi connectivity index (χ3n) is 1.46. The van der Waals surface area contributed by atoms with Crippen molar-refractivity contribution in [3.8, 4) is 0 Å². The van der Waals surface area contributed by atoms with E-state index in [0.29, 0.717) is 26.3 Å². The number of nitrogens with one attached hydrogen (secondary N) is 1. The summed E-state index contributed by atoms with van der Waals surface area (Å²) in [6, 6.07) is 0. The van der Waals surface area contributed by atoms with Crippen LogP contribution in [0.1, 0.15) is 6.92 Å². The molecule has 0 aliphatic heterocycles. The molecule has 0 fully saturated rings. The zero-order valence-electron chi connectivity index (χ0n) is 9.40. The van der Waals surface area contributed by atoms with Crippen LogP contribution >= 0.6 is 0 Å². The molecule has 0 bridgehead atoms. The number of alkyl halides is 3. The van der Waals surface area contributed by atoms with Gasteiger partial charge in [-0.2, -0.15) is 13.2 Å². The first kappa shape index (κ1) is 15.4. The van der Waals surface area contributed by atoms with Crippen molar-refractivity contribution in [2.24, 2.45) is 0 Å². The Morgan fingerprint density at radius 2 is 1.75 bits per heavy atom. The third kappa shape index (κ3) is 13.4. The molecule has 96 valence electrons. The van der Waals surface area contributed by atoms with E-state index in [1.165, 1.54) is 0 Å². The predicted octanol–water partition coefficient (Wildman–Crippen LogP) is 1.75. The Hall–Kier alpha value is -0.590. The summed E-state index contributed by atoms with van der Waals surface area (Å²) < 4.78 is 44.5. The smallest absolute Gasteiger partial charge is 0.376 e. The second-order valence-corrected chi connectivity index (χ2v) is 3.43. The highest BCUT2D eigenvalue weighted by atomic mass is 19.4. The molecule has 0 aromatic rings. The minimum Gasteiger partial charge on any atom is -0.376 e. The summed E-state index contributed by atoms with van der Waals surface area (Å²) in [6.45, 7) is 6.35. The first-order chi connectivity index (χ1) is 7.42. The average Bonchev–Trinajstić information content (AvgIpc) is 2.13. The molecular weight excluding hydrogens is 223 g/mol. The number of halogens is 3. The Morgan fingerprint density at radius 1 is 1.19 bits per heavy atom. The van der Waals surface area contributed by atoms with Crippen LogP contribution in [0.15, 0.2) is 12.2 Å². The molecule has 0 rings (SSSR count). The Balaban J connectivity index is 3.07. The molecule has 0 unspecified atom stereocenters. The van der Waals surface area contributed by atoms with Crippen molar-refractivity contribution in [1.29, 1.82) is 0 Å². The summed E-state index contributed by atoms with van der Waals surface area (Å²) in [5.74, 6) is 0. The largest absolute Gasteiger partial charge is 0.411 e. The standard InChI is InChI=1S/C10H18F3NO2/c1-9(2)7-15-5-3-14-4-6-16-8-10(11,12)13/h14H,1,3-8H2,2H3. The second-order valence-electron chi connectivity index (χ2n) is 3.43. The summed E-state index contributed by atoms with van der Waals surface area (Å²) in [5.41, 5.74) is 0.938. The van der Waals surface area contributed by atoms with Gasteiger partial charge in [-0.1, -0.05) is 12.2 Å². The van der Waals surface area contributed by atoms with E-state index < -0.39 is 12.8 Å². The quantitative estimate of drug-likeness (QED) is 0.493. The van der Waals surface area contributed by atoms with Crippen molar-refractivity contribution < 1.29 is 22.6 Å². The minimum absolute atomic E-state index is 0.0417. The van der Waals surface area contributed by atoms with E-state index in [1.807, 2.05) is 6.92 Å². The van der Waals surface area contributed by atoms with E-state index in [-0.39, 0.29) is 6.61 Å². The van der Waals surface area contributed by atoms with Gasteiger partial charge in [0.1, 0.15) is 6.61 Å². The molecule has 0 amide bonds. The lowest BCUT2D eigenvalue weighted by Crippen LogP contribution is -2.26. The van der Waals surface area contributed by atoms with Crippen LogP contribution in [0.3, 0.4) is 0 Å². The molecule has 0 saturated heterocycles. The van der Waals surface area contributed by atoms with Crippen molar-refractivity contribution in [2.45, 2.75) is 13.1 Å². The van der Waals surface area contributed by atoms with E-state index in [9.17, 15) is 13.2 Å². The van der Waals surface area contributed by atoms with E-state index in [1.54, 1.807) is 0 Å². The number of hydrogen-bond acceptors (Lipinski definition) is 3. The fourth-order valence-electron chi connectivity index (χ4n) is 0.848. The van der Waals surface area contributed by atoms with Crippen molar-refractivity contribution >= 4 is 0 Å². The van der Waals surface area contributed by atoms with E-state index in [2.05, 4.69) is 16.6 Å². The van der Waals surface area contributed by atoms with Gasteiger partial charge >= 0.3 is 6.18 Å². The highest BCUT2D eigenvalue weighted by molar-refractivity contribution is 4.87. The molecule has 0 atom stereocenters. The van der Waals surface area contributed by atoms with Crippen LogP contribution in [-0.4, -0.2) is 45.7 Å². The lowest BCUT2D eigenvalue weighted by molar-refractivity contribution is -0.173. The summed E-state index contributed by atoms with van der Waals surface area (Å²) in [5, 5.41) is 2.90. The Morgan fingerprint density at radius 3 is 2.25 bits per heavy atom. The van der Waals surface area contributed by atoms with Crippen LogP contribution in [0.25, 0.3) is 0 Å². The highest BCUT2D eigenvalue weighted by Crippen LogP contribution is 2.13. The molecule has 0 spiro atoms. The van der Waals surface area contributed by atoms with Crippen LogP contribution in [0.5, 0.6) is 0 Å². The Bertz CT molecular complexity index is 195. The van der Waals surface area contributed by atoms with Gasteiger partial charge in [0, 0.05) is 13.1 Å². The number of hydrogen-bond donors (Lipinski definition) is 1. The molecule has 1 N–H and O–H groups in total. The minimum atomic E-state index is -4.25. The van der Waals surface area contributed by atoms with Gasteiger partial charge in [-0.25, -0.2) is 0 Å². The zero-order valence-corrected chi connectivity index (χ0v) is 9.40. The fourth-order valence-corrected chi connectivity index (χ4v) is 0.848. The molecule has 16 heavy (non-hydrogen) atoms. The molecule has 0 radical (unpaired) electrons. The van der Waals surface area contributed by atoms with Crippen LogP contribution in [0.2, 0.25) is 0 Å². The summed E-state index contributed by atoms with van der Waals surface area (Å²) in [7, 11) is 0. The molecule has 0 saturated carbocycles. The van der Waals surface area contributed by atoms with Gasteiger partial charge in [-0.3, -0.25) is 0 Å². The first-order valence-electron chi connectivity index (χ1n) is 4.99. The molecule has 3 nitrogen and oxygen atoms in total. The summed E-state index contributed by atoms with van der Waals surface area (Å²) in [4.78, 5) is 0.